The SMILES string of the molecule is COc1ccc(Cl)cc1NC(=O)COC(=O)c1ccc(S(=O)(=O)N2CCOCC2)cc1. The van der Waals surface area contributed by atoms with Crippen LogP contribution in [0.2, 0.25) is 5.02 Å². The van der Waals surface area contributed by atoms with E-state index in [1.807, 2.05) is 0 Å². The molecule has 11 heteroatoms. The summed E-state index contributed by atoms with van der Waals surface area (Å²) in [6, 6.07) is 10.1. The Morgan fingerprint density at radius 2 is 1.81 bits per heavy atom. The minimum absolute atomic E-state index is 0.0664. The number of esters is 1. The van der Waals surface area contributed by atoms with Gasteiger partial charge in [0, 0.05) is 18.1 Å². The lowest BCUT2D eigenvalue weighted by atomic mass is 10.2. The van der Waals surface area contributed by atoms with Crippen molar-refractivity contribution in [1.29, 1.82) is 0 Å². The van der Waals surface area contributed by atoms with Crippen LogP contribution in [0, 0.1) is 0 Å². The Labute approximate surface area is 184 Å². The van der Waals surface area contributed by atoms with E-state index in [0.717, 1.165) is 0 Å². The molecule has 0 atom stereocenters. The third-order valence-electron chi connectivity index (χ3n) is 4.47. The summed E-state index contributed by atoms with van der Waals surface area (Å²) in [6.45, 7) is 0.694. The molecule has 2 aromatic rings. The van der Waals surface area contributed by atoms with Crippen LogP contribution in [-0.4, -0.2) is 64.6 Å². The standard InChI is InChI=1S/C20H21ClN2O7S/c1-28-18-7-4-15(21)12-17(18)22-19(24)13-30-20(25)14-2-5-16(6-3-14)31(26,27)23-8-10-29-11-9-23/h2-7,12H,8-11,13H2,1H3,(H,22,24). The van der Waals surface area contributed by atoms with Gasteiger partial charge in [0.25, 0.3) is 5.91 Å². The first-order valence-corrected chi connectivity index (χ1v) is 11.1. The smallest absolute Gasteiger partial charge is 0.338 e. The van der Waals surface area contributed by atoms with Gasteiger partial charge < -0.3 is 19.5 Å². The Balaban J connectivity index is 1.58. The monoisotopic (exact) mass is 468 g/mol. The van der Waals surface area contributed by atoms with Gasteiger partial charge in [-0.3, -0.25) is 4.79 Å². The lowest BCUT2D eigenvalue weighted by Gasteiger charge is -2.26. The highest BCUT2D eigenvalue weighted by Gasteiger charge is 2.26. The molecule has 0 aliphatic carbocycles. The summed E-state index contributed by atoms with van der Waals surface area (Å²) >= 11 is 5.91. The van der Waals surface area contributed by atoms with Gasteiger partial charge in [-0.2, -0.15) is 4.31 Å². The van der Waals surface area contributed by atoms with E-state index in [-0.39, 0.29) is 23.5 Å². The van der Waals surface area contributed by atoms with Crippen molar-refractivity contribution in [2.24, 2.45) is 0 Å². The van der Waals surface area contributed by atoms with Crippen LogP contribution >= 0.6 is 11.6 Å². The molecule has 1 fully saturated rings. The molecular formula is C20H21ClN2O7S. The summed E-state index contributed by atoms with van der Waals surface area (Å²) in [6.07, 6.45) is 0. The van der Waals surface area contributed by atoms with E-state index in [4.69, 9.17) is 25.8 Å². The number of rotatable bonds is 7. The number of ether oxygens (including phenoxy) is 3. The van der Waals surface area contributed by atoms with Crippen molar-refractivity contribution in [3.8, 4) is 5.75 Å². The molecule has 31 heavy (non-hydrogen) atoms. The average molecular weight is 469 g/mol. The van der Waals surface area contributed by atoms with Crippen molar-refractivity contribution in [3.63, 3.8) is 0 Å². The molecular weight excluding hydrogens is 448 g/mol. The number of benzene rings is 2. The molecule has 0 aromatic heterocycles. The summed E-state index contributed by atoms with van der Waals surface area (Å²) < 4.78 is 41.9. The first-order chi connectivity index (χ1) is 14.8. The fourth-order valence-corrected chi connectivity index (χ4v) is 4.46. The molecule has 3 rings (SSSR count). The van der Waals surface area contributed by atoms with Gasteiger partial charge in [0.15, 0.2) is 6.61 Å². The number of methoxy groups -OCH3 is 1. The minimum atomic E-state index is -3.66. The summed E-state index contributed by atoms with van der Waals surface area (Å²) in [5.74, 6) is -0.940. The number of halogens is 1. The maximum Gasteiger partial charge on any atom is 0.338 e. The normalized spacial score (nSPS) is 14.6. The molecule has 0 saturated carbocycles. The predicted molar refractivity (Wildman–Crippen MR) is 113 cm³/mol. The number of anilines is 1. The number of hydrogen-bond acceptors (Lipinski definition) is 7. The van der Waals surface area contributed by atoms with Crippen molar-refractivity contribution in [1.82, 2.24) is 4.31 Å². The van der Waals surface area contributed by atoms with E-state index in [1.165, 1.54) is 41.7 Å². The molecule has 1 aliphatic heterocycles. The Kier molecular flexibility index (Phi) is 7.50. The van der Waals surface area contributed by atoms with E-state index >= 15 is 0 Å². The molecule has 9 nitrogen and oxygen atoms in total. The lowest BCUT2D eigenvalue weighted by molar-refractivity contribution is -0.119. The maximum absolute atomic E-state index is 12.6. The molecule has 0 radical (unpaired) electrons. The minimum Gasteiger partial charge on any atom is -0.495 e. The van der Waals surface area contributed by atoms with E-state index in [9.17, 15) is 18.0 Å². The number of amides is 1. The molecule has 2 aromatic carbocycles. The van der Waals surface area contributed by atoms with Crippen LogP contribution < -0.4 is 10.1 Å². The summed E-state index contributed by atoms with van der Waals surface area (Å²) in [4.78, 5) is 24.4. The molecule has 1 saturated heterocycles. The molecule has 1 aliphatic rings. The third-order valence-corrected chi connectivity index (χ3v) is 6.62. The number of carbonyl (C=O) groups is 2. The molecule has 166 valence electrons. The Morgan fingerprint density at radius 1 is 1.13 bits per heavy atom. The van der Waals surface area contributed by atoms with Gasteiger partial charge in [-0.05, 0) is 42.5 Å². The van der Waals surface area contributed by atoms with Gasteiger partial charge in [-0.25, -0.2) is 13.2 Å². The predicted octanol–water partition coefficient (Wildman–Crippen LogP) is 2.17. The zero-order chi connectivity index (χ0) is 22.4. The molecule has 0 unspecified atom stereocenters. The fourth-order valence-electron chi connectivity index (χ4n) is 2.88. The van der Waals surface area contributed by atoms with Crippen molar-refractivity contribution in [2.75, 3.05) is 45.3 Å². The Hall–Kier alpha value is -2.66. The molecule has 1 heterocycles. The van der Waals surface area contributed by atoms with E-state index in [0.29, 0.717) is 29.7 Å². The molecule has 0 bridgehead atoms. The molecule has 1 N–H and O–H groups in total. The van der Waals surface area contributed by atoms with E-state index in [2.05, 4.69) is 5.32 Å². The van der Waals surface area contributed by atoms with Crippen molar-refractivity contribution >= 4 is 39.2 Å². The van der Waals surface area contributed by atoms with Gasteiger partial charge in [0.1, 0.15) is 5.75 Å². The first-order valence-electron chi connectivity index (χ1n) is 9.30. The van der Waals surface area contributed by atoms with Crippen LogP contribution in [0.15, 0.2) is 47.4 Å². The van der Waals surface area contributed by atoms with Crippen LogP contribution in [-0.2, 0) is 24.3 Å². The second kappa shape index (κ2) is 10.1. The van der Waals surface area contributed by atoms with E-state index in [1.54, 1.807) is 12.1 Å². The lowest BCUT2D eigenvalue weighted by Crippen LogP contribution is -2.40. The second-order valence-electron chi connectivity index (χ2n) is 6.51. The van der Waals surface area contributed by atoms with Crippen LogP contribution in [0.25, 0.3) is 0 Å². The van der Waals surface area contributed by atoms with Crippen LogP contribution in [0.1, 0.15) is 10.4 Å². The third kappa shape index (κ3) is 5.73. The number of sulfonamides is 1. The number of morpholine rings is 1. The number of carbonyl (C=O) groups excluding carboxylic acids is 2. The summed E-state index contributed by atoms with van der Waals surface area (Å²) in [5, 5.41) is 2.96. The van der Waals surface area contributed by atoms with Gasteiger partial charge in [0.2, 0.25) is 10.0 Å². The Morgan fingerprint density at radius 3 is 2.45 bits per heavy atom. The van der Waals surface area contributed by atoms with Gasteiger partial charge >= 0.3 is 5.97 Å². The second-order valence-corrected chi connectivity index (χ2v) is 8.88. The van der Waals surface area contributed by atoms with Gasteiger partial charge in [-0.15, -0.1) is 0 Å². The zero-order valence-corrected chi connectivity index (χ0v) is 18.2. The van der Waals surface area contributed by atoms with Gasteiger partial charge in [0.05, 0.1) is 36.5 Å². The van der Waals surface area contributed by atoms with Crippen molar-refractivity contribution < 1.29 is 32.2 Å². The average Bonchev–Trinajstić information content (AvgIpc) is 2.78. The number of nitrogens with one attached hydrogen (secondary N) is 1. The Bertz CT molecular complexity index is 1050. The highest BCUT2D eigenvalue weighted by molar-refractivity contribution is 7.89. The van der Waals surface area contributed by atoms with Crippen LogP contribution in [0.5, 0.6) is 5.75 Å². The van der Waals surface area contributed by atoms with Crippen molar-refractivity contribution in [3.05, 3.63) is 53.1 Å². The number of nitrogens with zero attached hydrogens (tertiary/aromatic N) is 1. The van der Waals surface area contributed by atoms with Crippen LogP contribution in [0.3, 0.4) is 0 Å². The first kappa shape index (κ1) is 23.0. The largest absolute Gasteiger partial charge is 0.495 e. The fraction of sp³-hybridized carbons (Fsp3) is 0.300. The van der Waals surface area contributed by atoms with Crippen LogP contribution in [0.4, 0.5) is 5.69 Å². The van der Waals surface area contributed by atoms with Crippen molar-refractivity contribution in [2.45, 2.75) is 4.90 Å². The van der Waals surface area contributed by atoms with Gasteiger partial charge in [-0.1, -0.05) is 11.6 Å². The number of hydrogen-bond donors (Lipinski definition) is 1. The highest BCUT2D eigenvalue weighted by atomic mass is 35.5. The summed E-state index contributed by atoms with van der Waals surface area (Å²) in [7, 11) is -2.21. The topological polar surface area (TPSA) is 111 Å². The molecule has 0 spiro atoms. The zero-order valence-electron chi connectivity index (χ0n) is 16.7. The quantitative estimate of drug-likeness (QED) is 0.620. The summed E-state index contributed by atoms with van der Waals surface area (Å²) in [5.41, 5.74) is 0.461. The van der Waals surface area contributed by atoms with E-state index < -0.39 is 28.5 Å². The molecule has 1 amide bonds. The maximum atomic E-state index is 12.6. The highest BCUT2D eigenvalue weighted by Crippen LogP contribution is 2.27.